The average Bonchev–Trinajstić information content (AvgIpc) is 3.22. The van der Waals surface area contributed by atoms with Gasteiger partial charge in [-0.2, -0.15) is 5.10 Å². The summed E-state index contributed by atoms with van der Waals surface area (Å²) in [5.74, 6) is -0.00818. The van der Waals surface area contributed by atoms with E-state index in [0.29, 0.717) is 16.2 Å². The first-order valence-corrected chi connectivity index (χ1v) is 13.1. The number of fused-ring (bicyclic) bond motifs is 1. The normalized spacial score (nSPS) is 15.4. The molecule has 2 aromatic heterocycles. The molecule has 1 fully saturated rings. The number of piperidine rings is 1. The Kier molecular flexibility index (Phi) is 6.43. The lowest BCUT2D eigenvalue weighted by Gasteiger charge is -2.34. The van der Waals surface area contributed by atoms with Crippen molar-refractivity contribution in [2.75, 3.05) is 23.7 Å². The Morgan fingerprint density at radius 3 is 2.45 bits per heavy atom. The molecule has 33 heavy (non-hydrogen) atoms. The predicted octanol–water partition coefficient (Wildman–Crippen LogP) is 3.51. The largest absolute Gasteiger partial charge is 0.371 e. The topological polar surface area (TPSA) is 97.2 Å². The molecule has 4 rings (SSSR count). The number of hydrogen-bond donors (Lipinski definition) is 1. The van der Waals surface area contributed by atoms with Crippen LogP contribution in [0.25, 0.3) is 11.0 Å². The van der Waals surface area contributed by atoms with Gasteiger partial charge >= 0.3 is 0 Å². The van der Waals surface area contributed by atoms with E-state index in [4.69, 9.17) is 0 Å². The molecule has 0 aliphatic carbocycles. The predicted molar refractivity (Wildman–Crippen MR) is 130 cm³/mol. The maximum absolute atomic E-state index is 13.0. The lowest BCUT2D eigenvalue weighted by molar-refractivity contribution is 0.0930. The lowest BCUT2D eigenvalue weighted by Crippen LogP contribution is -2.44. The first kappa shape index (κ1) is 23.2. The highest BCUT2D eigenvalue weighted by atomic mass is 32.2. The summed E-state index contributed by atoms with van der Waals surface area (Å²) in [6, 6.07) is 9.24. The molecule has 0 radical (unpaired) electrons. The van der Waals surface area contributed by atoms with Gasteiger partial charge in [0.25, 0.3) is 5.91 Å². The molecule has 0 saturated carbocycles. The van der Waals surface area contributed by atoms with Crippen molar-refractivity contribution in [1.29, 1.82) is 0 Å². The highest BCUT2D eigenvalue weighted by Crippen LogP contribution is 2.24. The fraction of sp³-hybridized carbons (Fsp3) is 0.458. The van der Waals surface area contributed by atoms with Gasteiger partial charge in [0.2, 0.25) is 0 Å². The molecule has 1 aromatic carbocycles. The van der Waals surface area contributed by atoms with Gasteiger partial charge in [0.15, 0.2) is 15.5 Å². The maximum atomic E-state index is 13.0. The highest BCUT2D eigenvalue weighted by molar-refractivity contribution is 7.91. The van der Waals surface area contributed by atoms with Crippen molar-refractivity contribution in [3.05, 3.63) is 47.8 Å². The van der Waals surface area contributed by atoms with Crippen molar-refractivity contribution >= 4 is 32.5 Å². The van der Waals surface area contributed by atoms with E-state index in [9.17, 15) is 13.2 Å². The van der Waals surface area contributed by atoms with E-state index in [1.807, 2.05) is 29.8 Å². The Morgan fingerprint density at radius 2 is 1.85 bits per heavy atom. The number of hydrogen-bond acceptors (Lipinski definition) is 6. The summed E-state index contributed by atoms with van der Waals surface area (Å²) in [5, 5.41) is 8.43. The number of benzene rings is 1. The van der Waals surface area contributed by atoms with E-state index in [1.54, 1.807) is 25.3 Å². The molecule has 176 valence electrons. The Bertz CT molecular complexity index is 1260. The molecule has 3 heterocycles. The van der Waals surface area contributed by atoms with E-state index in [1.165, 1.54) is 0 Å². The SMILES string of the molecule is CCS(=O)(=O)c1ccc(N2CCC(NC(=O)c3cc4cnn(C(C)C)c4nc3C)CC2)cc1. The van der Waals surface area contributed by atoms with Crippen molar-refractivity contribution < 1.29 is 13.2 Å². The highest BCUT2D eigenvalue weighted by Gasteiger charge is 2.23. The van der Waals surface area contributed by atoms with Crippen LogP contribution >= 0.6 is 0 Å². The number of amides is 1. The second-order valence-corrected chi connectivity index (χ2v) is 11.1. The molecule has 8 nitrogen and oxygen atoms in total. The van der Waals surface area contributed by atoms with Crippen LogP contribution in [0.2, 0.25) is 0 Å². The van der Waals surface area contributed by atoms with Crippen molar-refractivity contribution in [2.24, 2.45) is 0 Å². The minimum atomic E-state index is -3.19. The second kappa shape index (κ2) is 9.13. The van der Waals surface area contributed by atoms with E-state index in [2.05, 4.69) is 34.1 Å². The summed E-state index contributed by atoms with van der Waals surface area (Å²) < 4.78 is 25.9. The van der Waals surface area contributed by atoms with Gasteiger partial charge in [-0.25, -0.2) is 18.1 Å². The van der Waals surface area contributed by atoms with Crippen LogP contribution in [0.5, 0.6) is 0 Å². The first-order chi connectivity index (χ1) is 15.7. The van der Waals surface area contributed by atoms with Crippen molar-refractivity contribution in [1.82, 2.24) is 20.1 Å². The number of aromatic nitrogens is 3. The monoisotopic (exact) mass is 469 g/mol. The van der Waals surface area contributed by atoms with E-state index in [0.717, 1.165) is 42.7 Å². The number of carbonyl (C=O) groups excluding carboxylic acids is 1. The van der Waals surface area contributed by atoms with Gasteiger partial charge in [0.05, 0.1) is 28.1 Å². The smallest absolute Gasteiger partial charge is 0.253 e. The number of nitrogens with zero attached hydrogens (tertiary/aromatic N) is 4. The fourth-order valence-corrected chi connectivity index (χ4v) is 5.13. The van der Waals surface area contributed by atoms with Crippen LogP contribution in [0, 0.1) is 6.92 Å². The van der Waals surface area contributed by atoms with Crippen LogP contribution in [0.15, 0.2) is 41.4 Å². The Morgan fingerprint density at radius 1 is 1.18 bits per heavy atom. The molecule has 0 spiro atoms. The van der Waals surface area contributed by atoms with Crippen LogP contribution in [-0.2, 0) is 9.84 Å². The number of carbonyl (C=O) groups is 1. The number of nitrogens with one attached hydrogen (secondary N) is 1. The van der Waals surface area contributed by atoms with Crippen LogP contribution in [0.1, 0.15) is 55.7 Å². The molecule has 3 aromatic rings. The molecule has 9 heteroatoms. The van der Waals surface area contributed by atoms with E-state index >= 15 is 0 Å². The quantitative estimate of drug-likeness (QED) is 0.593. The van der Waals surface area contributed by atoms with E-state index < -0.39 is 9.84 Å². The molecular weight excluding hydrogens is 438 g/mol. The summed E-state index contributed by atoms with van der Waals surface area (Å²) in [5.41, 5.74) is 3.08. The lowest BCUT2D eigenvalue weighted by atomic mass is 10.0. The fourth-order valence-electron chi connectivity index (χ4n) is 4.25. The minimum Gasteiger partial charge on any atom is -0.371 e. The first-order valence-electron chi connectivity index (χ1n) is 11.4. The Balaban J connectivity index is 1.39. The van der Waals surface area contributed by atoms with Crippen molar-refractivity contribution in [3.63, 3.8) is 0 Å². The zero-order valence-electron chi connectivity index (χ0n) is 19.6. The third-order valence-electron chi connectivity index (χ3n) is 6.26. The molecule has 0 atom stereocenters. The number of anilines is 1. The maximum Gasteiger partial charge on any atom is 0.253 e. The molecule has 1 amide bonds. The second-order valence-electron chi connectivity index (χ2n) is 8.85. The van der Waals surface area contributed by atoms with Gasteiger partial charge in [-0.15, -0.1) is 0 Å². The standard InChI is InChI=1S/C24H31N5O3S/c1-5-33(31,32)21-8-6-20(7-9-21)28-12-10-19(11-13-28)27-24(30)22-14-18-15-25-29(16(2)3)23(18)26-17(22)4/h6-9,14-16,19H,5,10-13H2,1-4H3,(H,27,30). The van der Waals surface area contributed by atoms with Crippen molar-refractivity contribution in [3.8, 4) is 0 Å². The van der Waals surface area contributed by atoms with Gasteiger partial charge in [0, 0.05) is 36.2 Å². The third kappa shape index (κ3) is 4.73. The summed E-state index contributed by atoms with van der Waals surface area (Å²) >= 11 is 0. The molecule has 1 saturated heterocycles. The molecular formula is C24H31N5O3S. The zero-order valence-corrected chi connectivity index (χ0v) is 20.4. The van der Waals surface area contributed by atoms with Gasteiger partial charge in [0.1, 0.15) is 0 Å². The number of pyridine rings is 1. The van der Waals surface area contributed by atoms with Gasteiger partial charge in [-0.05, 0) is 63.9 Å². The number of aryl methyl sites for hydroxylation is 1. The summed E-state index contributed by atoms with van der Waals surface area (Å²) in [6.07, 6.45) is 3.40. The summed E-state index contributed by atoms with van der Waals surface area (Å²) in [6.45, 7) is 9.20. The minimum absolute atomic E-state index is 0.0852. The van der Waals surface area contributed by atoms with Gasteiger partial charge in [-0.1, -0.05) is 6.92 Å². The van der Waals surface area contributed by atoms with E-state index in [-0.39, 0.29) is 23.7 Å². The summed E-state index contributed by atoms with van der Waals surface area (Å²) in [7, 11) is -3.19. The van der Waals surface area contributed by atoms with Crippen molar-refractivity contribution in [2.45, 2.75) is 57.5 Å². The molecule has 0 unspecified atom stereocenters. The van der Waals surface area contributed by atoms with Crippen LogP contribution < -0.4 is 10.2 Å². The molecule has 0 bridgehead atoms. The summed E-state index contributed by atoms with van der Waals surface area (Å²) in [4.78, 5) is 20.2. The van der Waals surface area contributed by atoms with Gasteiger partial charge < -0.3 is 10.2 Å². The van der Waals surface area contributed by atoms with Crippen LogP contribution in [0.3, 0.4) is 0 Å². The van der Waals surface area contributed by atoms with Crippen LogP contribution in [0.4, 0.5) is 5.69 Å². The Labute approximate surface area is 194 Å². The zero-order chi connectivity index (χ0) is 23.8. The Hall–Kier alpha value is -2.94. The third-order valence-corrected chi connectivity index (χ3v) is 8.02. The van der Waals surface area contributed by atoms with Crippen LogP contribution in [-0.4, -0.2) is 54.0 Å². The molecule has 1 aliphatic rings. The molecule has 1 aliphatic heterocycles. The molecule has 1 N–H and O–H groups in total. The number of sulfone groups is 1. The number of rotatable bonds is 6. The van der Waals surface area contributed by atoms with Gasteiger partial charge in [-0.3, -0.25) is 4.79 Å². The average molecular weight is 470 g/mol.